The SMILES string of the molecule is N#Cc1cnc(N(CCC(N)=O)c2ccc(-c3c[nH]c4ncnc(N)c34)cc2)c(C(=O)NCCc2ccc(F)cc2)c1. The molecule has 0 saturated heterocycles. The Morgan fingerprint density at radius 3 is 2.55 bits per heavy atom. The van der Waals surface area contributed by atoms with E-state index in [1.807, 2.05) is 30.3 Å². The summed E-state index contributed by atoms with van der Waals surface area (Å²) in [6.45, 7) is 0.408. The summed E-state index contributed by atoms with van der Waals surface area (Å²) in [4.78, 5) is 42.6. The van der Waals surface area contributed by atoms with Gasteiger partial charge in [0.1, 0.15) is 35.5 Å². The maximum absolute atomic E-state index is 13.4. The highest BCUT2D eigenvalue weighted by molar-refractivity contribution is 6.01. The second kappa shape index (κ2) is 12.1. The molecule has 2 aromatic carbocycles. The van der Waals surface area contributed by atoms with Gasteiger partial charge in [-0.25, -0.2) is 19.3 Å². The zero-order chi connectivity index (χ0) is 29.6. The van der Waals surface area contributed by atoms with Crippen LogP contribution in [-0.2, 0) is 11.2 Å². The molecule has 3 heterocycles. The minimum Gasteiger partial charge on any atom is -0.383 e. The Hall–Kier alpha value is -5.83. The smallest absolute Gasteiger partial charge is 0.255 e. The van der Waals surface area contributed by atoms with Crippen molar-refractivity contribution in [2.45, 2.75) is 12.8 Å². The number of rotatable bonds is 10. The molecule has 12 heteroatoms. The van der Waals surface area contributed by atoms with Crippen molar-refractivity contribution in [1.82, 2.24) is 25.3 Å². The van der Waals surface area contributed by atoms with Crippen LogP contribution in [0.5, 0.6) is 0 Å². The fraction of sp³-hybridized carbons (Fsp3) is 0.133. The minimum absolute atomic E-state index is 0.00855. The number of aromatic nitrogens is 4. The van der Waals surface area contributed by atoms with Crippen LogP contribution in [0.4, 0.5) is 21.7 Å². The van der Waals surface area contributed by atoms with E-state index in [-0.39, 0.29) is 42.3 Å². The molecule has 5 rings (SSSR count). The number of nitriles is 1. The van der Waals surface area contributed by atoms with Crippen LogP contribution < -0.4 is 21.7 Å². The number of primary amides is 1. The second-order valence-corrected chi connectivity index (χ2v) is 9.44. The molecular formula is C30H26FN9O2. The summed E-state index contributed by atoms with van der Waals surface area (Å²) >= 11 is 0. The third kappa shape index (κ3) is 6.00. The van der Waals surface area contributed by atoms with Gasteiger partial charge in [-0.15, -0.1) is 0 Å². The lowest BCUT2D eigenvalue weighted by atomic mass is 10.0. The molecule has 0 atom stereocenters. The molecule has 0 aliphatic heterocycles. The minimum atomic E-state index is -0.523. The van der Waals surface area contributed by atoms with Crippen LogP contribution in [0.3, 0.4) is 0 Å². The van der Waals surface area contributed by atoms with Gasteiger partial charge in [-0.1, -0.05) is 24.3 Å². The fourth-order valence-electron chi connectivity index (χ4n) is 4.58. The molecule has 6 N–H and O–H groups in total. The summed E-state index contributed by atoms with van der Waals surface area (Å²) in [5.74, 6) is -0.709. The standard InChI is InChI=1S/C30H26FN9O2/c31-21-5-1-18(2-6-21)9-11-35-30(42)23-13-19(14-32)15-37-29(23)40(12-10-25(33)41)22-7-3-20(4-8-22)24-16-36-28-26(24)27(34)38-17-39-28/h1-8,13,15-17H,9-12H2,(H2,33,41)(H,35,42)(H3,34,36,38,39). The van der Waals surface area contributed by atoms with Gasteiger partial charge in [0.05, 0.1) is 16.5 Å². The number of nitrogens with zero attached hydrogens (tertiary/aromatic N) is 5. The monoisotopic (exact) mass is 563 g/mol. The molecule has 5 aromatic rings. The molecular weight excluding hydrogens is 537 g/mol. The van der Waals surface area contributed by atoms with Crippen molar-refractivity contribution in [3.05, 3.63) is 95.8 Å². The highest BCUT2D eigenvalue weighted by Gasteiger charge is 2.22. The van der Waals surface area contributed by atoms with Gasteiger partial charge in [0.15, 0.2) is 0 Å². The van der Waals surface area contributed by atoms with E-state index in [2.05, 4.69) is 25.3 Å². The van der Waals surface area contributed by atoms with Gasteiger partial charge in [0, 0.05) is 43.2 Å². The number of aromatic amines is 1. The molecule has 11 nitrogen and oxygen atoms in total. The maximum Gasteiger partial charge on any atom is 0.255 e. The van der Waals surface area contributed by atoms with Crippen LogP contribution in [0.1, 0.15) is 27.9 Å². The van der Waals surface area contributed by atoms with E-state index in [0.717, 1.165) is 16.7 Å². The molecule has 0 saturated carbocycles. The third-order valence-electron chi connectivity index (χ3n) is 6.68. The average molecular weight is 564 g/mol. The van der Waals surface area contributed by atoms with Gasteiger partial charge in [-0.3, -0.25) is 9.59 Å². The molecule has 0 radical (unpaired) electrons. The number of fused-ring (bicyclic) bond motifs is 1. The first kappa shape index (κ1) is 27.7. The Kier molecular flexibility index (Phi) is 8.01. The molecule has 0 fully saturated rings. The number of anilines is 3. The zero-order valence-corrected chi connectivity index (χ0v) is 22.3. The van der Waals surface area contributed by atoms with E-state index >= 15 is 0 Å². The van der Waals surface area contributed by atoms with Crippen molar-refractivity contribution >= 4 is 40.2 Å². The van der Waals surface area contributed by atoms with E-state index in [1.165, 1.54) is 30.7 Å². The highest BCUT2D eigenvalue weighted by atomic mass is 19.1. The molecule has 2 amide bonds. The Morgan fingerprint density at radius 2 is 1.83 bits per heavy atom. The van der Waals surface area contributed by atoms with E-state index in [0.29, 0.717) is 29.0 Å². The molecule has 0 aliphatic rings. The Morgan fingerprint density at radius 1 is 1.07 bits per heavy atom. The van der Waals surface area contributed by atoms with Crippen LogP contribution in [0.2, 0.25) is 0 Å². The molecule has 0 spiro atoms. The lowest BCUT2D eigenvalue weighted by Crippen LogP contribution is -2.30. The number of nitrogens with two attached hydrogens (primary N) is 2. The largest absolute Gasteiger partial charge is 0.383 e. The summed E-state index contributed by atoms with van der Waals surface area (Å²) in [7, 11) is 0. The molecule has 210 valence electrons. The summed E-state index contributed by atoms with van der Waals surface area (Å²) < 4.78 is 13.2. The maximum atomic E-state index is 13.4. The quantitative estimate of drug-likeness (QED) is 0.199. The van der Waals surface area contributed by atoms with Crippen LogP contribution in [0.15, 0.2) is 73.3 Å². The van der Waals surface area contributed by atoms with Gasteiger partial charge in [-0.05, 0) is 47.9 Å². The van der Waals surface area contributed by atoms with Gasteiger partial charge in [0.25, 0.3) is 5.91 Å². The van der Waals surface area contributed by atoms with Crippen LogP contribution in [0, 0.1) is 17.1 Å². The lowest BCUT2D eigenvalue weighted by Gasteiger charge is -2.26. The van der Waals surface area contributed by atoms with Crippen molar-refractivity contribution in [2.24, 2.45) is 5.73 Å². The number of hydrogen-bond donors (Lipinski definition) is 4. The average Bonchev–Trinajstić information content (AvgIpc) is 3.44. The van der Waals surface area contributed by atoms with E-state index in [1.54, 1.807) is 23.2 Å². The molecule has 0 aliphatic carbocycles. The normalized spacial score (nSPS) is 10.8. The Labute approximate surface area is 240 Å². The van der Waals surface area contributed by atoms with Crippen molar-refractivity contribution in [3.63, 3.8) is 0 Å². The van der Waals surface area contributed by atoms with Crippen molar-refractivity contribution in [1.29, 1.82) is 5.26 Å². The topological polar surface area (TPSA) is 180 Å². The first-order valence-electron chi connectivity index (χ1n) is 13.0. The van der Waals surface area contributed by atoms with E-state index < -0.39 is 11.8 Å². The fourth-order valence-corrected chi connectivity index (χ4v) is 4.58. The number of carbonyl (C=O) groups is 2. The zero-order valence-electron chi connectivity index (χ0n) is 22.3. The van der Waals surface area contributed by atoms with Gasteiger partial charge >= 0.3 is 0 Å². The van der Waals surface area contributed by atoms with E-state index in [9.17, 15) is 19.2 Å². The number of nitrogens with one attached hydrogen (secondary N) is 2. The number of benzene rings is 2. The molecule has 3 aromatic heterocycles. The van der Waals surface area contributed by atoms with Crippen LogP contribution in [-0.4, -0.2) is 44.8 Å². The lowest BCUT2D eigenvalue weighted by molar-refractivity contribution is -0.117. The number of nitrogen functional groups attached to an aromatic ring is 1. The summed E-state index contributed by atoms with van der Waals surface area (Å²) in [5, 5.41) is 13.0. The number of H-pyrrole nitrogens is 1. The van der Waals surface area contributed by atoms with Crippen molar-refractivity contribution in [2.75, 3.05) is 23.7 Å². The number of halogens is 1. The summed E-state index contributed by atoms with van der Waals surface area (Å²) in [5.41, 5.74) is 15.7. The molecule has 42 heavy (non-hydrogen) atoms. The molecule has 0 unspecified atom stereocenters. The highest BCUT2D eigenvalue weighted by Crippen LogP contribution is 2.34. The van der Waals surface area contributed by atoms with E-state index in [4.69, 9.17) is 11.5 Å². The van der Waals surface area contributed by atoms with Gasteiger partial charge < -0.3 is 26.7 Å². The van der Waals surface area contributed by atoms with Gasteiger partial charge in [-0.2, -0.15) is 5.26 Å². The second-order valence-electron chi connectivity index (χ2n) is 9.44. The first-order chi connectivity index (χ1) is 20.3. The van der Waals surface area contributed by atoms with Crippen molar-refractivity contribution < 1.29 is 14.0 Å². The number of carbonyl (C=O) groups excluding carboxylic acids is 2. The first-order valence-corrected chi connectivity index (χ1v) is 13.0. The third-order valence-corrected chi connectivity index (χ3v) is 6.68. The summed E-state index contributed by atoms with van der Waals surface area (Å²) in [6, 6.07) is 16.9. The number of hydrogen-bond acceptors (Lipinski definition) is 8. The molecule has 0 bridgehead atoms. The van der Waals surface area contributed by atoms with Crippen LogP contribution >= 0.6 is 0 Å². The van der Waals surface area contributed by atoms with Crippen LogP contribution in [0.25, 0.3) is 22.2 Å². The Bertz CT molecular complexity index is 1800. The number of pyridine rings is 1. The number of amides is 2. The predicted molar refractivity (Wildman–Crippen MR) is 156 cm³/mol. The van der Waals surface area contributed by atoms with Gasteiger partial charge in [0.2, 0.25) is 5.91 Å². The van der Waals surface area contributed by atoms with Crippen molar-refractivity contribution in [3.8, 4) is 17.2 Å². The Balaban J connectivity index is 1.45. The predicted octanol–water partition coefficient (Wildman–Crippen LogP) is 3.60. The summed E-state index contributed by atoms with van der Waals surface area (Å²) in [6.07, 6.45) is 5.02.